The molecular formula is C27H43N3O5. The smallest absolute Gasteiger partial charge is 0.248 e. The predicted octanol–water partition coefficient (Wildman–Crippen LogP) is 2.23. The van der Waals surface area contributed by atoms with Gasteiger partial charge in [0, 0.05) is 26.2 Å². The number of carbonyl (C=O) groups is 3. The molecule has 3 aliphatic rings. The summed E-state index contributed by atoms with van der Waals surface area (Å²) in [6, 6.07) is -1.55. The highest BCUT2D eigenvalue weighted by molar-refractivity contribution is 5.99. The Morgan fingerprint density at radius 1 is 1.26 bits per heavy atom. The van der Waals surface area contributed by atoms with Crippen molar-refractivity contribution in [1.29, 1.82) is 0 Å². The molecule has 3 aliphatic heterocycles. The van der Waals surface area contributed by atoms with Crippen molar-refractivity contribution in [3.63, 3.8) is 0 Å². The van der Waals surface area contributed by atoms with Gasteiger partial charge in [0.15, 0.2) is 0 Å². The zero-order chi connectivity index (χ0) is 26.3. The first kappa shape index (κ1) is 27.4. The van der Waals surface area contributed by atoms with Crippen molar-refractivity contribution in [2.75, 3.05) is 26.7 Å². The van der Waals surface area contributed by atoms with E-state index in [0.29, 0.717) is 19.5 Å². The SMILES string of the molecule is C=CCN(C)C(=O)[C@@H]1[C@H]2C(=O)N([C@H](C)CO)C(C(=O)N(CC=C)C(C)CCC)C23CC(C)[C@@]1(C)O3. The van der Waals surface area contributed by atoms with Gasteiger partial charge in [-0.25, -0.2) is 0 Å². The molecule has 3 fully saturated rings. The molecule has 35 heavy (non-hydrogen) atoms. The lowest BCUT2D eigenvalue weighted by atomic mass is 9.62. The average Bonchev–Trinajstić information content (AvgIpc) is 3.33. The van der Waals surface area contributed by atoms with Crippen LogP contribution in [0.1, 0.15) is 53.9 Å². The molecule has 3 heterocycles. The maximum Gasteiger partial charge on any atom is 0.248 e. The molecule has 8 heteroatoms. The van der Waals surface area contributed by atoms with Gasteiger partial charge in [0.05, 0.1) is 30.1 Å². The molecule has 3 rings (SSSR count). The van der Waals surface area contributed by atoms with E-state index in [0.717, 1.165) is 12.8 Å². The zero-order valence-corrected chi connectivity index (χ0v) is 22.2. The molecule has 0 aromatic carbocycles. The fourth-order valence-electron chi connectivity index (χ4n) is 6.77. The van der Waals surface area contributed by atoms with Gasteiger partial charge in [-0.1, -0.05) is 32.4 Å². The maximum atomic E-state index is 14.3. The largest absolute Gasteiger partial charge is 0.394 e. The summed E-state index contributed by atoms with van der Waals surface area (Å²) in [6.45, 7) is 17.7. The first-order valence-corrected chi connectivity index (χ1v) is 12.9. The van der Waals surface area contributed by atoms with Crippen molar-refractivity contribution >= 4 is 17.7 Å². The van der Waals surface area contributed by atoms with Crippen LogP contribution in [0.4, 0.5) is 0 Å². The summed E-state index contributed by atoms with van der Waals surface area (Å²) in [6.07, 6.45) is 5.58. The number of nitrogens with zero attached hydrogens (tertiary/aromatic N) is 3. The third kappa shape index (κ3) is 4.02. The number of aliphatic hydroxyl groups excluding tert-OH is 1. The molecule has 0 aliphatic carbocycles. The number of likely N-dealkylation sites (tertiary alicyclic amines) is 1. The van der Waals surface area contributed by atoms with Crippen molar-refractivity contribution < 1.29 is 24.2 Å². The van der Waals surface area contributed by atoms with Gasteiger partial charge in [-0.3, -0.25) is 14.4 Å². The number of hydrogen-bond donors (Lipinski definition) is 1. The summed E-state index contributed by atoms with van der Waals surface area (Å²) < 4.78 is 6.75. The summed E-state index contributed by atoms with van der Waals surface area (Å²) in [5, 5.41) is 10.1. The van der Waals surface area contributed by atoms with Crippen molar-refractivity contribution in [2.24, 2.45) is 17.8 Å². The van der Waals surface area contributed by atoms with E-state index >= 15 is 0 Å². The zero-order valence-electron chi connectivity index (χ0n) is 22.2. The van der Waals surface area contributed by atoms with Crippen molar-refractivity contribution in [3.8, 4) is 0 Å². The molecule has 0 radical (unpaired) electrons. The highest BCUT2D eigenvalue weighted by atomic mass is 16.5. The van der Waals surface area contributed by atoms with Crippen LogP contribution in [0, 0.1) is 17.8 Å². The van der Waals surface area contributed by atoms with Crippen molar-refractivity contribution in [2.45, 2.75) is 83.2 Å². The third-order valence-electron chi connectivity index (χ3n) is 8.62. The number of likely N-dealkylation sites (N-methyl/N-ethyl adjacent to an activating group) is 1. The van der Waals surface area contributed by atoms with Gasteiger partial charge in [-0.15, -0.1) is 13.2 Å². The summed E-state index contributed by atoms with van der Waals surface area (Å²) in [5.41, 5.74) is -1.98. The number of ether oxygens (including phenoxy) is 1. The lowest BCUT2D eigenvalue weighted by Crippen LogP contribution is -2.59. The Morgan fingerprint density at radius 3 is 2.43 bits per heavy atom. The Bertz CT molecular complexity index is 877. The lowest BCUT2D eigenvalue weighted by Gasteiger charge is -2.40. The van der Waals surface area contributed by atoms with Crippen LogP contribution < -0.4 is 0 Å². The molecule has 1 N–H and O–H groups in total. The van der Waals surface area contributed by atoms with E-state index in [1.807, 2.05) is 20.8 Å². The second-order valence-corrected chi connectivity index (χ2v) is 10.9. The van der Waals surface area contributed by atoms with Gasteiger partial charge in [0.25, 0.3) is 0 Å². The molecule has 0 aromatic rings. The molecule has 0 aromatic heterocycles. The van der Waals surface area contributed by atoms with E-state index in [2.05, 4.69) is 20.1 Å². The Morgan fingerprint density at radius 2 is 1.89 bits per heavy atom. The number of rotatable bonds is 11. The van der Waals surface area contributed by atoms with Crippen LogP contribution in [-0.2, 0) is 19.1 Å². The highest BCUT2D eigenvalue weighted by Crippen LogP contribution is 2.65. The second-order valence-electron chi connectivity index (χ2n) is 10.9. The van der Waals surface area contributed by atoms with Gasteiger partial charge in [0.1, 0.15) is 11.6 Å². The van der Waals surface area contributed by atoms with E-state index in [4.69, 9.17) is 4.74 Å². The maximum absolute atomic E-state index is 14.3. The molecule has 3 saturated heterocycles. The number of amides is 3. The third-order valence-corrected chi connectivity index (χ3v) is 8.62. The number of carbonyl (C=O) groups excluding carboxylic acids is 3. The fourth-order valence-corrected chi connectivity index (χ4v) is 6.77. The summed E-state index contributed by atoms with van der Waals surface area (Å²) in [5.74, 6) is -2.18. The lowest BCUT2D eigenvalue weighted by molar-refractivity contribution is -0.157. The van der Waals surface area contributed by atoms with Crippen molar-refractivity contribution in [3.05, 3.63) is 25.3 Å². The van der Waals surface area contributed by atoms with E-state index in [1.165, 1.54) is 4.90 Å². The minimum Gasteiger partial charge on any atom is -0.394 e. The standard InChI is InChI=1S/C27H43N3O5/c1-9-12-18(5)29(14-11-3)25(34)22-27-15-17(4)26(7,35-27)20(23(32)28(8)13-10-2)21(27)24(33)30(22)19(6)16-31/h10-11,17-22,31H,2-3,9,12-16H2,1,4-8H3/t17?,18?,19-,20+,21+,22?,26-,27?/m1/s1. The molecule has 4 unspecified atom stereocenters. The van der Waals surface area contributed by atoms with Crippen LogP contribution in [0.3, 0.4) is 0 Å². The normalized spacial score (nSPS) is 34.9. The number of fused-ring (bicyclic) bond motifs is 1. The van der Waals surface area contributed by atoms with Crippen LogP contribution in [0.25, 0.3) is 0 Å². The van der Waals surface area contributed by atoms with Crippen molar-refractivity contribution in [1.82, 2.24) is 14.7 Å². The Balaban J connectivity index is 2.15. The predicted molar refractivity (Wildman–Crippen MR) is 134 cm³/mol. The Kier molecular flexibility index (Phi) is 7.87. The molecule has 0 saturated carbocycles. The topological polar surface area (TPSA) is 90.4 Å². The molecule has 3 amide bonds. The molecular weight excluding hydrogens is 446 g/mol. The number of aliphatic hydroxyl groups is 1. The van der Waals surface area contributed by atoms with Crippen LogP contribution in [0.2, 0.25) is 0 Å². The van der Waals surface area contributed by atoms with Gasteiger partial charge in [-0.05, 0) is 39.5 Å². The first-order valence-electron chi connectivity index (χ1n) is 12.9. The highest BCUT2D eigenvalue weighted by Gasteiger charge is 2.80. The van der Waals surface area contributed by atoms with Gasteiger partial charge in [0.2, 0.25) is 17.7 Å². The Hall–Kier alpha value is -2.19. The second kappa shape index (κ2) is 10.1. The van der Waals surface area contributed by atoms with Gasteiger partial charge >= 0.3 is 0 Å². The monoisotopic (exact) mass is 489 g/mol. The van der Waals surface area contributed by atoms with Gasteiger partial charge in [-0.2, -0.15) is 0 Å². The first-order chi connectivity index (χ1) is 16.5. The van der Waals surface area contributed by atoms with Crippen LogP contribution in [0.5, 0.6) is 0 Å². The van der Waals surface area contributed by atoms with E-state index in [9.17, 15) is 19.5 Å². The summed E-state index contributed by atoms with van der Waals surface area (Å²) in [4.78, 5) is 46.9. The van der Waals surface area contributed by atoms with E-state index in [-0.39, 0.29) is 36.3 Å². The van der Waals surface area contributed by atoms with Crippen LogP contribution in [-0.4, -0.2) is 93.6 Å². The molecule has 2 bridgehead atoms. The Labute approximate surface area is 210 Å². The quantitative estimate of drug-likeness (QED) is 0.450. The minimum absolute atomic E-state index is 0.0294. The molecule has 196 valence electrons. The minimum atomic E-state index is -1.12. The van der Waals surface area contributed by atoms with Crippen LogP contribution >= 0.6 is 0 Å². The van der Waals surface area contributed by atoms with E-state index in [1.54, 1.807) is 35.9 Å². The summed E-state index contributed by atoms with van der Waals surface area (Å²) in [7, 11) is 1.70. The molecule has 8 atom stereocenters. The number of hydrogen-bond acceptors (Lipinski definition) is 5. The summed E-state index contributed by atoms with van der Waals surface area (Å²) >= 11 is 0. The van der Waals surface area contributed by atoms with E-state index < -0.39 is 35.1 Å². The molecule has 1 spiro atoms. The average molecular weight is 490 g/mol. The molecule has 8 nitrogen and oxygen atoms in total. The van der Waals surface area contributed by atoms with Gasteiger partial charge < -0.3 is 24.5 Å². The fraction of sp³-hybridized carbons (Fsp3) is 0.741. The van der Waals surface area contributed by atoms with Crippen LogP contribution in [0.15, 0.2) is 25.3 Å².